The highest BCUT2D eigenvalue weighted by molar-refractivity contribution is 6.30. The molecule has 0 aliphatic heterocycles. The summed E-state index contributed by atoms with van der Waals surface area (Å²) in [5, 5.41) is 3.23. The lowest BCUT2D eigenvalue weighted by molar-refractivity contribution is -0.0498. The fraction of sp³-hybridized carbons (Fsp3) is 0.0714. The van der Waals surface area contributed by atoms with Gasteiger partial charge in [0.15, 0.2) is 0 Å². The second-order valence-corrected chi connectivity index (χ2v) is 4.30. The van der Waals surface area contributed by atoms with Crippen LogP contribution in [-0.4, -0.2) is 12.5 Å². The van der Waals surface area contributed by atoms with Crippen molar-refractivity contribution in [1.29, 1.82) is 0 Å². The molecule has 0 fully saturated rings. The minimum absolute atomic E-state index is 0.00282. The quantitative estimate of drug-likeness (QED) is 0.919. The first kappa shape index (κ1) is 14.3. The van der Waals surface area contributed by atoms with Gasteiger partial charge < -0.3 is 10.1 Å². The van der Waals surface area contributed by atoms with E-state index in [1.807, 2.05) is 0 Å². The third kappa shape index (κ3) is 3.93. The van der Waals surface area contributed by atoms with Gasteiger partial charge in [-0.2, -0.15) is 8.78 Å². The van der Waals surface area contributed by atoms with Gasteiger partial charge in [0.2, 0.25) is 0 Å². The molecule has 0 aromatic heterocycles. The molecule has 3 nitrogen and oxygen atoms in total. The Morgan fingerprint density at radius 3 is 2.20 bits per heavy atom. The van der Waals surface area contributed by atoms with Crippen molar-refractivity contribution in [3.8, 4) is 5.75 Å². The lowest BCUT2D eigenvalue weighted by Crippen LogP contribution is -2.11. The van der Waals surface area contributed by atoms with E-state index in [1.54, 1.807) is 24.3 Å². The van der Waals surface area contributed by atoms with E-state index in [0.717, 1.165) is 0 Å². The van der Waals surface area contributed by atoms with Crippen molar-refractivity contribution >= 4 is 23.2 Å². The summed E-state index contributed by atoms with van der Waals surface area (Å²) < 4.78 is 28.2. The highest BCUT2D eigenvalue weighted by Crippen LogP contribution is 2.17. The smallest absolute Gasteiger partial charge is 0.387 e. The summed E-state index contributed by atoms with van der Waals surface area (Å²) in [4.78, 5) is 11.9. The van der Waals surface area contributed by atoms with Crippen molar-refractivity contribution in [1.82, 2.24) is 0 Å². The number of halogens is 3. The van der Waals surface area contributed by atoms with Gasteiger partial charge in [0.1, 0.15) is 5.75 Å². The van der Waals surface area contributed by atoms with Crippen molar-refractivity contribution in [2.75, 3.05) is 5.32 Å². The van der Waals surface area contributed by atoms with Gasteiger partial charge in [-0.15, -0.1) is 0 Å². The molecular weight excluding hydrogens is 288 g/mol. The molecule has 2 aromatic carbocycles. The molecule has 1 N–H and O–H groups in total. The van der Waals surface area contributed by atoms with Gasteiger partial charge in [-0.25, -0.2) is 0 Å². The fourth-order valence-electron chi connectivity index (χ4n) is 1.52. The number of anilines is 1. The summed E-state index contributed by atoms with van der Waals surface area (Å²) in [5.74, 6) is -0.348. The van der Waals surface area contributed by atoms with E-state index in [0.29, 0.717) is 16.3 Å². The van der Waals surface area contributed by atoms with Gasteiger partial charge in [-0.3, -0.25) is 4.79 Å². The van der Waals surface area contributed by atoms with Gasteiger partial charge in [0, 0.05) is 16.3 Å². The zero-order valence-corrected chi connectivity index (χ0v) is 10.9. The molecule has 2 aromatic rings. The van der Waals surface area contributed by atoms with E-state index in [1.165, 1.54) is 24.3 Å². The van der Waals surface area contributed by atoms with E-state index < -0.39 is 6.61 Å². The highest BCUT2D eigenvalue weighted by atomic mass is 35.5. The maximum atomic E-state index is 12.0. The molecule has 6 heteroatoms. The molecule has 2 rings (SSSR count). The number of hydrogen-bond donors (Lipinski definition) is 1. The molecule has 0 atom stereocenters. The number of benzene rings is 2. The normalized spacial score (nSPS) is 10.4. The molecule has 0 saturated carbocycles. The molecule has 0 bridgehead atoms. The van der Waals surface area contributed by atoms with Gasteiger partial charge in [-0.05, 0) is 48.5 Å². The van der Waals surface area contributed by atoms with Gasteiger partial charge >= 0.3 is 6.61 Å². The van der Waals surface area contributed by atoms with Crippen LogP contribution in [0.4, 0.5) is 14.5 Å². The van der Waals surface area contributed by atoms with Crippen LogP contribution in [-0.2, 0) is 0 Å². The van der Waals surface area contributed by atoms with Crippen LogP contribution in [0.1, 0.15) is 10.4 Å². The standard InChI is InChI=1S/C14H10ClF2NO2/c15-10-3-5-11(6-4-10)18-13(19)9-1-7-12(8-2-9)20-14(16)17/h1-8,14H,(H,18,19). The zero-order valence-electron chi connectivity index (χ0n) is 10.1. The molecule has 20 heavy (non-hydrogen) atoms. The fourth-order valence-corrected chi connectivity index (χ4v) is 1.65. The van der Waals surface area contributed by atoms with Gasteiger partial charge in [0.05, 0.1) is 0 Å². The Hall–Kier alpha value is -2.14. The van der Waals surface area contributed by atoms with Crippen LogP contribution >= 0.6 is 11.6 Å². The number of ether oxygens (including phenoxy) is 1. The topological polar surface area (TPSA) is 38.3 Å². The summed E-state index contributed by atoms with van der Waals surface area (Å²) in [6.07, 6.45) is 0. The maximum Gasteiger partial charge on any atom is 0.387 e. The number of rotatable bonds is 4. The molecule has 0 spiro atoms. The third-order valence-electron chi connectivity index (χ3n) is 2.44. The molecule has 1 amide bonds. The van der Waals surface area contributed by atoms with Crippen LogP contribution in [0.25, 0.3) is 0 Å². The van der Waals surface area contributed by atoms with E-state index in [2.05, 4.69) is 10.1 Å². The third-order valence-corrected chi connectivity index (χ3v) is 2.70. The van der Waals surface area contributed by atoms with Crippen molar-refractivity contribution in [2.45, 2.75) is 6.61 Å². The number of amides is 1. The predicted octanol–water partition coefficient (Wildman–Crippen LogP) is 4.19. The number of alkyl halides is 2. The van der Waals surface area contributed by atoms with E-state index >= 15 is 0 Å². The first-order chi connectivity index (χ1) is 9.54. The monoisotopic (exact) mass is 297 g/mol. The largest absolute Gasteiger partial charge is 0.435 e. The molecular formula is C14H10ClF2NO2. The predicted molar refractivity (Wildman–Crippen MR) is 72.5 cm³/mol. The molecule has 0 aliphatic rings. The minimum atomic E-state index is -2.89. The molecule has 0 saturated heterocycles. The molecule has 0 unspecified atom stereocenters. The Morgan fingerprint density at radius 2 is 1.65 bits per heavy atom. The van der Waals surface area contributed by atoms with E-state index in [9.17, 15) is 13.6 Å². The van der Waals surface area contributed by atoms with Crippen molar-refractivity contribution in [3.63, 3.8) is 0 Å². The molecule has 0 heterocycles. The summed E-state index contributed by atoms with van der Waals surface area (Å²) in [7, 11) is 0. The lowest BCUT2D eigenvalue weighted by Gasteiger charge is -2.07. The summed E-state index contributed by atoms with van der Waals surface area (Å²) in [6, 6.07) is 12.0. The average Bonchev–Trinajstić information content (AvgIpc) is 2.41. The Bertz CT molecular complexity index is 585. The number of hydrogen-bond acceptors (Lipinski definition) is 2. The van der Waals surface area contributed by atoms with Gasteiger partial charge in [0.25, 0.3) is 5.91 Å². The van der Waals surface area contributed by atoms with E-state index in [-0.39, 0.29) is 11.7 Å². The average molecular weight is 298 g/mol. The first-order valence-corrected chi connectivity index (χ1v) is 6.04. The lowest BCUT2D eigenvalue weighted by atomic mass is 10.2. The Morgan fingerprint density at radius 1 is 1.05 bits per heavy atom. The maximum absolute atomic E-state index is 12.0. The highest BCUT2D eigenvalue weighted by Gasteiger charge is 2.08. The molecule has 0 aliphatic carbocycles. The second kappa shape index (κ2) is 6.34. The summed E-state index contributed by atoms with van der Waals surface area (Å²) >= 11 is 5.74. The van der Waals surface area contributed by atoms with Crippen molar-refractivity contribution < 1.29 is 18.3 Å². The number of carbonyl (C=O) groups is 1. The Labute approximate surface area is 119 Å². The van der Waals surface area contributed by atoms with Crippen molar-refractivity contribution in [2.24, 2.45) is 0 Å². The van der Waals surface area contributed by atoms with Crippen LogP contribution in [0.5, 0.6) is 5.75 Å². The number of nitrogens with one attached hydrogen (secondary N) is 1. The zero-order chi connectivity index (χ0) is 14.5. The van der Waals surface area contributed by atoms with E-state index in [4.69, 9.17) is 11.6 Å². The summed E-state index contributed by atoms with van der Waals surface area (Å²) in [6.45, 7) is -2.89. The first-order valence-electron chi connectivity index (χ1n) is 5.66. The minimum Gasteiger partial charge on any atom is -0.435 e. The van der Waals surface area contributed by atoms with Crippen LogP contribution in [0.2, 0.25) is 5.02 Å². The van der Waals surface area contributed by atoms with Crippen LogP contribution in [0.15, 0.2) is 48.5 Å². The number of carbonyl (C=O) groups excluding carboxylic acids is 1. The van der Waals surface area contributed by atoms with Crippen LogP contribution in [0, 0.1) is 0 Å². The Kier molecular flexibility index (Phi) is 4.53. The van der Waals surface area contributed by atoms with Crippen molar-refractivity contribution in [3.05, 3.63) is 59.1 Å². The second-order valence-electron chi connectivity index (χ2n) is 3.86. The SMILES string of the molecule is O=C(Nc1ccc(Cl)cc1)c1ccc(OC(F)F)cc1. The molecule has 104 valence electrons. The molecule has 0 radical (unpaired) electrons. The van der Waals surface area contributed by atoms with Gasteiger partial charge in [-0.1, -0.05) is 11.6 Å². The summed E-state index contributed by atoms with van der Waals surface area (Å²) in [5.41, 5.74) is 0.925. The Balaban J connectivity index is 2.03. The van der Waals surface area contributed by atoms with Crippen LogP contribution in [0.3, 0.4) is 0 Å². The van der Waals surface area contributed by atoms with Crippen LogP contribution < -0.4 is 10.1 Å².